The average Bonchev–Trinajstić information content (AvgIpc) is 3.15. The Morgan fingerprint density at radius 1 is 1.07 bits per heavy atom. The van der Waals surface area contributed by atoms with E-state index in [-0.39, 0.29) is 16.9 Å². The first-order valence-corrected chi connectivity index (χ1v) is 9.24. The van der Waals surface area contributed by atoms with Gasteiger partial charge in [-0.15, -0.1) is 0 Å². The summed E-state index contributed by atoms with van der Waals surface area (Å²) in [6.07, 6.45) is 0. The standard InChI is InChI=1S/C20H16ClN5O3/c1-2-26-20(29)14-6-4-3-5-13(14)17(25-26)19(28)24-23-18(27)16-10-11-9-12(21)7-8-15(11)22-16/h3-10,22H,2H2,1H3,(H,23,27)(H,24,28). The van der Waals surface area contributed by atoms with Crippen molar-refractivity contribution in [2.24, 2.45) is 0 Å². The number of rotatable bonds is 3. The molecule has 4 aromatic rings. The SMILES string of the molecule is CCn1nc(C(=O)NNC(=O)c2cc3cc(Cl)ccc3[nH]2)c2ccccc2c1=O. The molecule has 0 spiro atoms. The maximum Gasteiger partial charge on any atom is 0.290 e. The Labute approximate surface area is 169 Å². The van der Waals surface area contributed by atoms with Crippen molar-refractivity contribution in [1.29, 1.82) is 0 Å². The molecule has 29 heavy (non-hydrogen) atoms. The van der Waals surface area contributed by atoms with Crippen LogP contribution in [0, 0.1) is 0 Å². The second-order valence-corrected chi connectivity index (χ2v) is 6.77. The van der Waals surface area contributed by atoms with E-state index in [0.717, 1.165) is 10.9 Å². The fraction of sp³-hybridized carbons (Fsp3) is 0.100. The Morgan fingerprint density at radius 2 is 1.79 bits per heavy atom. The van der Waals surface area contributed by atoms with Gasteiger partial charge in [0.25, 0.3) is 17.4 Å². The Kier molecular flexibility index (Phi) is 4.77. The molecule has 0 fully saturated rings. The first kappa shape index (κ1) is 18.7. The number of hydrogen-bond donors (Lipinski definition) is 3. The van der Waals surface area contributed by atoms with Gasteiger partial charge in [0.1, 0.15) is 5.69 Å². The molecule has 0 saturated heterocycles. The summed E-state index contributed by atoms with van der Waals surface area (Å²) in [5.41, 5.74) is 5.49. The molecule has 2 amide bonds. The van der Waals surface area contributed by atoms with Gasteiger partial charge in [0.2, 0.25) is 0 Å². The minimum atomic E-state index is -0.629. The van der Waals surface area contributed by atoms with Crippen molar-refractivity contribution in [2.75, 3.05) is 0 Å². The van der Waals surface area contributed by atoms with Crippen LogP contribution in [-0.4, -0.2) is 26.6 Å². The lowest BCUT2D eigenvalue weighted by molar-refractivity contribution is 0.0841. The molecule has 0 saturated carbocycles. The number of hydrogen-bond acceptors (Lipinski definition) is 4. The molecule has 4 rings (SSSR count). The second-order valence-electron chi connectivity index (χ2n) is 6.34. The molecule has 3 N–H and O–H groups in total. The van der Waals surface area contributed by atoms with Crippen molar-refractivity contribution in [2.45, 2.75) is 13.5 Å². The Hall–Kier alpha value is -3.65. The minimum absolute atomic E-state index is 0.0470. The molecular formula is C20H16ClN5O3. The highest BCUT2D eigenvalue weighted by molar-refractivity contribution is 6.31. The van der Waals surface area contributed by atoms with Crippen LogP contribution in [0.15, 0.2) is 53.3 Å². The quantitative estimate of drug-likeness (QED) is 0.452. The number of aromatic amines is 1. The molecule has 2 aromatic carbocycles. The highest BCUT2D eigenvalue weighted by atomic mass is 35.5. The molecule has 0 aliphatic carbocycles. The monoisotopic (exact) mass is 409 g/mol. The van der Waals surface area contributed by atoms with Crippen LogP contribution in [0.1, 0.15) is 27.9 Å². The summed E-state index contributed by atoms with van der Waals surface area (Å²) >= 11 is 5.96. The van der Waals surface area contributed by atoms with E-state index in [1.54, 1.807) is 55.5 Å². The number of nitrogens with one attached hydrogen (secondary N) is 3. The van der Waals surface area contributed by atoms with Crippen LogP contribution >= 0.6 is 11.6 Å². The van der Waals surface area contributed by atoms with E-state index in [9.17, 15) is 14.4 Å². The fourth-order valence-electron chi connectivity index (χ4n) is 3.08. The van der Waals surface area contributed by atoms with Crippen LogP contribution in [0.3, 0.4) is 0 Å². The van der Waals surface area contributed by atoms with Gasteiger partial charge in [-0.2, -0.15) is 5.10 Å². The van der Waals surface area contributed by atoms with Crippen LogP contribution < -0.4 is 16.4 Å². The van der Waals surface area contributed by atoms with E-state index in [0.29, 0.717) is 22.3 Å². The summed E-state index contributed by atoms with van der Waals surface area (Å²) in [4.78, 5) is 40.4. The smallest absolute Gasteiger partial charge is 0.290 e. The number of carbonyl (C=O) groups excluding carboxylic acids is 2. The first-order valence-electron chi connectivity index (χ1n) is 8.86. The van der Waals surface area contributed by atoms with Crippen molar-refractivity contribution in [1.82, 2.24) is 25.6 Å². The number of benzene rings is 2. The highest BCUT2D eigenvalue weighted by Gasteiger charge is 2.17. The zero-order valence-electron chi connectivity index (χ0n) is 15.3. The van der Waals surface area contributed by atoms with Crippen LogP contribution in [-0.2, 0) is 6.54 Å². The van der Waals surface area contributed by atoms with E-state index in [4.69, 9.17) is 11.6 Å². The van der Waals surface area contributed by atoms with Gasteiger partial charge < -0.3 is 4.98 Å². The maximum absolute atomic E-state index is 12.7. The molecular weight excluding hydrogens is 394 g/mol. The lowest BCUT2D eigenvalue weighted by Crippen LogP contribution is -2.43. The number of halogens is 1. The van der Waals surface area contributed by atoms with Crippen molar-refractivity contribution >= 4 is 45.1 Å². The topological polar surface area (TPSA) is 109 Å². The number of nitrogens with zero attached hydrogens (tertiary/aromatic N) is 2. The summed E-state index contributed by atoms with van der Waals surface area (Å²) in [5.74, 6) is -1.16. The molecule has 0 atom stereocenters. The lowest BCUT2D eigenvalue weighted by Gasteiger charge is -2.10. The summed E-state index contributed by atoms with van der Waals surface area (Å²) in [5, 5.41) is 6.26. The third-order valence-electron chi connectivity index (χ3n) is 4.50. The van der Waals surface area contributed by atoms with E-state index in [2.05, 4.69) is 20.9 Å². The summed E-state index contributed by atoms with van der Waals surface area (Å²) in [6.45, 7) is 2.07. The molecule has 0 unspecified atom stereocenters. The predicted octanol–water partition coefficient (Wildman–Crippen LogP) is 2.63. The Bertz CT molecular complexity index is 1320. The van der Waals surface area contributed by atoms with Gasteiger partial charge in [-0.3, -0.25) is 25.2 Å². The molecule has 2 heterocycles. The molecule has 8 nitrogen and oxygen atoms in total. The van der Waals surface area contributed by atoms with Gasteiger partial charge in [0.15, 0.2) is 5.69 Å². The van der Waals surface area contributed by atoms with Gasteiger partial charge in [0.05, 0.1) is 5.39 Å². The lowest BCUT2D eigenvalue weighted by atomic mass is 10.1. The van der Waals surface area contributed by atoms with Crippen molar-refractivity contribution in [3.05, 3.63) is 75.3 Å². The van der Waals surface area contributed by atoms with E-state index in [1.165, 1.54) is 4.68 Å². The predicted molar refractivity (Wildman–Crippen MR) is 110 cm³/mol. The van der Waals surface area contributed by atoms with Gasteiger partial charge in [-0.1, -0.05) is 29.8 Å². The third-order valence-corrected chi connectivity index (χ3v) is 4.73. The van der Waals surface area contributed by atoms with Crippen molar-refractivity contribution < 1.29 is 9.59 Å². The zero-order valence-corrected chi connectivity index (χ0v) is 16.1. The number of aryl methyl sites for hydroxylation is 1. The Balaban J connectivity index is 1.58. The first-order chi connectivity index (χ1) is 14.0. The molecule has 9 heteroatoms. The van der Waals surface area contributed by atoms with E-state index < -0.39 is 11.8 Å². The summed E-state index contributed by atoms with van der Waals surface area (Å²) in [6, 6.07) is 13.5. The number of aromatic nitrogens is 3. The van der Waals surface area contributed by atoms with Gasteiger partial charge in [0, 0.05) is 27.9 Å². The third kappa shape index (κ3) is 3.45. The number of amides is 2. The molecule has 0 bridgehead atoms. The number of hydrazine groups is 1. The largest absolute Gasteiger partial charge is 0.350 e. The average molecular weight is 410 g/mol. The van der Waals surface area contributed by atoms with Crippen molar-refractivity contribution in [3.8, 4) is 0 Å². The zero-order chi connectivity index (χ0) is 20.5. The summed E-state index contributed by atoms with van der Waals surface area (Å²) in [7, 11) is 0. The maximum atomic E-state index is 12.7. The number of H-pyrrole nitrogens is 1. The minimum Gasteiger partial charge on any atom is -0.350 e. The van der Waals surface area contributed by atoms with Gasteiger partial charge in [-0.25, -0.2) is 4.68 Å². The van der Waals surface area contributed by atoms with E-state index >= 15 is 0 Å². The van der Waals surface area contributed by atoms with Crippen LogP contribution in [0.25, 0.3) is 21.7 Å². The van der Waals surface area contributed by atoms with E-state index in [1.807, 2.05) is 0 Å². The van der Waals surface area contributed by atoms with Crippen LogP contribution in [0.2, 0.25) is 5.02 Å². The van der Waals surface area contributed by atoms with Crippen LogP contribution in [0.5, 0.6) is 0 Å². The molecule has 0 radical (unpaired) electrons. The van der Waals surface area contributed by atoms with Crippen molar-refractivity contribution in [3.63, 3.8) is 0 Å². The van der Waals surface area contributed by atoms with Gasteiger partial charge >= 0.3 is 0 Å². The summed E-state index contributed by atoms with van der Waals surface area (Å²) < 4.78 is 1.21. The molecule has 0 aliphatic rings. The normalized spacial score (nSPS) is 11.0. The second kappa shape index (κ2) is 7.40. The fourth-order valence-corrected chi connectivity index (χ4v) is 3.26. The molecule has 2 aromatic heterocycles. The van der Waals surface area contributed by atoms with Gasteiger partial charge in [-0.05, 0) is 37.3 Å². The number of carbonyl (C=O) groups is 2. The highest BCUT2D eigenvalue weighted by Crippen LogP contribution is 2.20. The van der Waals surface area contributed by atoms with Crippen LogP contribution in [0.4, 0.5) is 0 Å². The Morgan fingerprint density at radius 3 is 2.55 bits per heavy atom. The molecule has 146 valence electrons. The molecule has 0 aliphatic heterocycles. The number of fused-ring (bicyclic) bond motifs is 2.